The zero-order chi connectivity index (χ0) is 8.65. The van der Waals surface area contributed by atoms with Crippen LogP contribution in [-0.2, 0) is 0 Å². The van der Waals surface area contributed by atoms with E-state index in [-0.39, 0.29) is 6.42 Å². The van der Waals surface area contributed by atoms with E-state index in [1.54, 1.807) is 0 Å². The number of aliphatic hydroxyl groups excluding tert-OH is 1. The molecule has 4 heteroatoms. The fraction of sp³-hybridized carbons (Fsp3) is 1.00. The van der Waals surface area contributed by atoms with Gasteiger partial charge in [-0.15, -0.1) is 0 Å². The topological polar surface area (TPSA) is 20.2 Å². The van der Waals surface area contributed by atoms with Crippen molar-refractivity contribution in [2.45, 2.75) is 32.0 Å². The maximum absolute atomic E-state index is 12.1. The molecular formula is C7H11F3O. The Kier molecular flexibility index (Phi) is 2.14. The maximum atomic E-state index is 12.1. The van der Waals surface area contributed by atoms with Gasteiger partial charge < -0.3 is 5.11 Å². The van der Waals surface area contributed by atoms with Crippen LogP contribution >= 0.6 is 0 Å². The molecule has 0 aromatic rings. The van der Waals surface area contributed by atoms with Gasteiger partial charge >= 0.3 is 6.18 Å². The van der Waals surface area contributed by atoms with Crippen LogP contribution in [0.15, 0.2) is 0 Å². The van der Waals surface area contributed by atoms with Crippen molar-refractivity contribution < 1.29 is 18.3 Å². The van der Waals surface area contributed by atoms with Crippen molar-refractivity contribution >= 4 is 0 Å². The summed E-state index contributed by atoms with van der Waals surface area (Å²) in [6, 6.07) is 0. The van der Waals surface area contributed by atoms with Crippen molar-refractivity contribution in [3.05, 3.63) is 0 Å². The standard InChI is InChI=1S/C7H11F3O/c1-4-2-3-5(11)6(4)7(8,9)10/h4-6,11H,2-3H2,1H3. The summed E-state index contributed by atoms with van der Waals surface area (Å²) >= 11 is 0. The fourth-order valence-electron chi connectivity index (χ4n) is 1.71. The number of hydrogen-bond acceptors (Lipinski definition) is 1. The molecule has 1 fully saturated rings. The molecule has 3 unspecified atom stereocenters. The average Bonchev–Trinajstić information content (AvgIpc) is 2.08. The van der Waals surface area contributed by atoms with E-state index in [2.05, 4.69) is 0 Å². The van der Waals surface area contributed by atoms with Gasteiger partial charge in [-0.1, -0.05) is 6.92 Å². The van der Waals surface area contributed by atoms with Crippen LogP contribution in [0.1, 0.15) is 19.8 Å². The lowest BCUT2D eigenvalue weighted by atomic mass is 9.96. The van der Waals surface area contributed by atoms with Crippen LogP contribution in [0.5, 0.6) is 0 Å². The van der Waals surface area contributed by atoms with Gasteiger partial charge in [0.1, 0.15) is 0 Å². The molecule has 0 aromatic carbocycles. The minimum absolute atomic E-state index is 0.283. The molecule has 0 aliphatic heterocycles. The van der Waals surface area contributed by atoms with Gasteiger partial charge in [-0.2, -0.15) is 13.2 Å². The number of alkyl halides is 3. The predicted molar refractivity (Wildman–Crippen MR) is 33.9 cm³/mol. The molecule has 1 N–H and O–H groups in total. The molecule has 11 heavy (non-hydrogen) atoms. The first-order valence-corrected chi connectivity index (χ1v) is 3.67. The summed E-state index contributed by atoms with van der Waals surface area (Å²) in [4.78, 5) is 0. The molecule has 0 spiro atoms. The van der Waals surface area contributed by atoms with Crippen molar-refractivity contribution in [2.24, 2.45) is 11.8 Å². The molecule has 0 radical (unpaired) electrons. The highest BCUT2D eigenvalue weighted by atomic mass is 19.4. The van der Waals surface area contributed by atoms with Gasteiger partial charge in [-0.05, 0) is 18.8 Å². The first-order chi connectivity index (χ1) is 4.93. The zero-order valence-corrected chi connectivity index (χ0v) is 6.23. The van der Waals surface area contributed by atoms with E-state index < -0.39 is 24.1 Å². The van der Waals surface area contributed by atoms with Gasteiger partial charge in [0.15, 0.2) is 0 Å². The highest BCUT2D eigenvalue weighted by Gasteiger charge is 2.50. The van der Waals surface area contributed by atoms with Crippen LogP contribution in [0, 0.1) is 11.8 Å². The van der Waals surface area contributed by atoms with E-state index >= 15 is 0 Å². The Balaban J connectivity index is 2.69. The molecule has 0 aromatic heterocycles. The summed E-state index contributed by atoms with van der Waals surface area (Å²) in [5, 5.41) is 8.97. The lowest BCUT2D eigenvalue weighted by Crippen LogP contribution is -2.33. The van der Waals surface area contributed by atoms with E-state index in [9.17, 15) is 13.2 Å². The van der Waals surface area contributed by atoms with Gasteiger partial charge in [0.2, 0.25) is 0 Å². The zero-order valence-electron chi connectivity index (χ0n) is 6.23. The normalized spacial score (nSPS) is 39.5. The quantitative estimate of drug-likeness (QED) is 0.586. The predicted octanol–water partition coefficient (Wildman–Crippen LogP) is 1.96. The Labute approximate surface area is 63.2 Å². The Hall–Kier alpha value is -0.250. The Morgan fingerprint density at radius 1 is 1.27 bits per heavy atom. The van der Waals surface area contributed by atoms with Crippen molar-refractivity contribution in [3.63, 3.8) is 0 Å². The summed E-state index contributed by atoms with van der Waals surface area (Å²) in [6.07, 6.45) is -4.64. The number of halogens is 3. The molecule has 0 saturated heterocycles. The molecule has 1 rings (SSSR count). The van der Waals surface area contributed by atoms with Crippen molar-refractivity contribution in [2.75, 3.05) is 0 Å². The monoisotopic (exact) mass is 168 g/mol. The smallest absolute Gasteiger partial charge is 0.392 e. The van der Waals surface area contributed by atoms with Crippen LogP contribution < -0.4 is 0 Å². The summed E-state index contributed by atoms with van der Waals surface area (Å²) in [5.74, 6) is -1.92. The second-order valence-corrected chi connectivity index (χ2v) is 3.19. The van der Waals surface area contributed by atoms with E-state index in [1.165, 1.54) is 6.92 Å². The number of rotatable bonds is 0. The van der Waals surface area contributed by atoms with Crippen LogP contribution in [-0.4, -0.2) is 17.4 Å². The maximum Gasteiger partial charge on any atom is 0.394 e. The summed E-state index contributed by atoms with van der Waals surface area (Å²) in [6.45, 7) is 1.54. The third-order valence-electron chi connectivity index (χ3n) is 2.32. The summed E-state index contributed by atoms with van der Waals surface area (Å²) < 4.78 is 36.3. The second kappa shape index (κ2) is 2.66. The summed E-state index contributed by atoms with van der Waals surface area (Å²) in [7, 11) is 0. The van der Waals surface area contributed by atoms with Crippen molar-refractivity contribution in [1.29, 1.82) is 0 Å². The van der Waals surface area contributed by atoms with Crippen LogP contribution in [0.4, 0.5) is 13.2 Å². The van der Waals surface area contributed by atoms with Crippen molar-refractivity contribution in [3.8, 4) is 0 Å². The van der Waals surface area contributed by atoms with E-state index in [0.29, 0.717) is 6.42 Å². The van der Waals surface area contributed by atoms with E-state index in [0.717, 1.165) is 0 Å². The Morgan fingerprint density at radius 2 is 1.82 bits per heavy atom. The Morgan fingerprint density at radius 3 is 2.00 bits per heavy atom. The fourth-order valence-corrected chi connectivity index (χ4v) is 1.71. The number of aliphatic hydroxyl groups is 1. The van der Waals surface area contributed by atoms with Crippen molar-refractivity contribution in [1.82, 2.24) is 0 Å². The van der Waals surface area contributed by atoms with E-state index in [4.69, 9.17) is 5.11 Å². The molecule has 0 amide bonds. The van der Waals surface area contributed by atoms with Gasteiger partial charge in [0.05, 0.1) is 12.0 Å². The minimum atomic E-state index is -4.23. The molecular weight excluding hydrogens is 157 g/mol. The number of hydrogen-bond donors (Lipinski definition) is 1. The van der Waals surface area contributed by atoms with Crippen LogP contribution in [0.3, 0.4) is 0 Å². The first kappa shape index (κ1) is 8.84. The third-order valence-corrected chi connectivity index (χ3v) is 2.32. The van der Waals surface area contributed by atoms with Crippen LogP contribution in [0.2, 0.25) is 0 Å². The average molecular weight is 168 g/mol. The molecule has 0 bridgehead atoms. The minimum Gasteiger partial charge on any atom is -0.392 e. The summed E-state index contributed by atoms with van der Waals surface area (Å²) in [5.41, 5.74) is 0. The molecule has 1 nitrogen and oxygen atoms in total. The van der Waals surface area contributed by atoms with Gasteiger partial charge in [0, 0.05) is 0 Å². The largest absolute Gasteiger partial charge is 0.394 e. The highest BCUT2D eigenvalue weighted by Crippen LogP contribution is 2.42. The lowest BCUT2D eigenvalue weighted by molar-refractivity contribution is -0.202. The SMILES string of the molecule is CC1CCC(O)C1C(F)(F)F. The third kappa shape index (κ3) is 1.67. The highest BCUT2D eigenvalue weighted by molar-refractivity contribution is 4.86. The molecule has 1 aliphatic rings. The van der Waals surface area contributed by atoms with E-state index in [1.807, 2.05) is 0 Å². The molecule has 1 aliphatic carbocycles. The molecule has 1 saturated carbocycles. The molecule has 3 atom stereocenters. The van der Waals surface area contributed by atoms with Gasteiger partial charge in [-0.3, -0.25) is 0 Å². The molecule has 66 valence electrons. The molecule has 0 heterocycles. The first-order valence-electron chi connectivity index (χ1n) is 3.67. The second-order valence-electron chi connectivity index (χ2n) is 3.19. The van der Waals surface area contributed by atoms with Crippen LogP contribution in [0.25, 0.3) is 0 Å². The van der Waals surface area contributed by atoms with Gasteiger partial charge in [-0.25, -0.2) is 0 Å². The lowest BCUT2D eigenvalue weighted by Gasteiger charge is -2.21. The van der Waals surface area contributed by atoms with Gasteiger partial charge in [0.25, 0.3) is 0 Å². The Bertz CT molecular complexity index is 133.